The maximum atomic E-state index is 12.1. The van der Waals surface area contributed by atoms with Crippen LogP contribution in [0.1, 0.15) is 21.4 Å². The Bertz CT molecular complexity index is 880. The molecular formula is C18H17ClN2O3S2. The Labute approximate surface area is 164 Å². The standard InChI is InChI=1S/C18H17ClN2O3S2/c1-24-15-4-2-12(19)8-14(15)21-18(23)20-9-13-3-5-16(26-13)17(22)11-6-7-25-10-11/h2-8,10,17,22H,9H2,1H3,(H2,20,21,23). The molecule has 0 radical (unpaired) electrons. The van der Waals surface area contributed by atoms with E-state index < -0.39 is 6.10 Å². The van der Waals surface area contributed by atoms with Gasteiger partial charge in [-0.15, -0.1) is 11.3 Å². The molecule has 0 aliphatic heterocycles. The van der Waals surface area contributed by atoms with Crippen molar-refractivity contribution in [1.29, 1.82) is 0 Å². The molecule has 0 saturated carbocycles. The van der Waals surface area contributed by atoms with Crippen molar-refractivity contribution < 1.29 is 14.6 Å². The number of halogens is 1. The van der Waals surface area contributed by atoms with E-state index >= 15 is 0 Å². The van der Waals surface area contributed by atoms with Crippen molar-refractivity contribution in [2.75, 3.05) is 12.4 Å². The minimum absolute atomic E-state index is 0.357. The molecule has 3 aromatic rings. The van der Waals surface area contributed by atoms with Gasteiger partial charge in [0.2, 0.25) is 0 Å². The molecule has 0 aliphatic rings. The highest BCUT2D eigenvalue weighted by Crippen LogP contribution is 2.30. The van der Waals surface area contributed by atoms with Gasteiger partial charge in [0.15, 0.2) is 0 Å². The van der Waals surface area contributed by atoms with Gasteiger partial charge in [-0.1, -0.05) is 11.6 Å². The number of urea groups is 1. The van der Waals surface area contributed by atoms with Crippen molar-refractivity contribution in [3.63, 3.8) is 0 Å². The first-order valence-electron chi connectivity index (χ1n) is 7.74. The highest BCUT2D eigenvalue weighted by atomic mass is 35.5. The normalized spacial score (nSPS) is 11.8. The van der Waals surface area contributed by atoms with Crippen LogP contribution in [0.2, 0.25) is 5.02 Å². The summed E-state index contributed by atoms with van der Waals surface area (Å²) in [6.07, 6.45) is -0.635. The highest BCUT2D eigenvalue weighted by Gasteiger charge is 2.14. The molecule has 2 amide bonds. The lowest BCUT2D eigenvalue weighted by Crippen LogP contribution is -2.28. The van der Waals surface area contributed by atoms with Crippen LogP contribution in [0.4, 0.5) is 10.5 Å². The molecule has 2 aromatic heterocycles. The van der Waals surface area contributed by atoms with E-state index in [-0.39, 0.29) is 6.03 Å². The van der Waals surface area contributed by atoms with Gasteiger partial charge in [0.25, 0.3) is 0 Å². The molecule has 8 heteroatoms. The van der Waals surface area contributed by atoms with Crippen LogP contribution in [0.3, 0.4) is 0 Å². The third kappa shape index (κ3) is 4.56. The molecule has 3 rings (SSSR count). The number of carbonyl (C=O) groups is 1. The molecule has 0 bridgehead atoms. The van der Waals surface area contributed by atoms with Crippen LogP contribution in [-0.4, -0.2) is 18.2 Å². The minimum atomic E-state index is -0.635. The SMILES string of the molecule is COc1ccc(Cl)cc1NC(=O)NCc1ccc(C(O)c2ccsc2)s1. The number of nitrogens with one attached hydrogen (secondary N) is 2. The van der Waals surface area contributed by atoms with Gasteiger partial charge in [0, 0.05) is 14.8 Å². The average Bonchev–Trinajstić information content (AvgIpc) is 3.31. The molecule has 0 fully saturated rings. The number of aliphatic hydroxyl groups excluding tert-OH is 1. The maximum absolute atomic E-state index is 12.1. The van der Waals surface area contributed by atoms with Crippen molar-refractivity contribution >= 4 is 46.0 Å². The third-order valence-corrected chi connectivity index (χ3v) is 5.72. The molecule has 0 aliphatic carbocycles. The molecular weight excluding hydrogens is 392 g/mol. The Hall–Kier alpha value is -2.06. The van der Waals surface area contributed by atoms with Gasteiger partial charge in [0.1, 0.15) is 11.9 Å². The molecule has 5 nitrogen and oxygen atoms in total. The minimum Gasteiger partial charge on any atom is -0.495 e. The van der Waals surface area contributed by atoms with Crippen molar-refractivity contribution in [3.8, 4) is 5.75 Å². The number of hydrogen-bond donors (Lipinski definition) is 3. The summed E-state index contributed by atoms with van der Waals surface area (Å²) in [5.41, 5.74) is 1.37. The van der Waals surface area contributed by atoms with Crippen LogP contribution < -0.4 is 15.4 Å². The fraction of sp³-hybridized carbons (Fsp3) is 0.167. The monoisotopic (exact) mass is 408 g/mol. The number of aliphatic hydroxyl groups is 1. The largest absolute Gasteiger partial charge is 0.495 e. The van der Waals surface area contributed by atoms with E-state index in [0.29, 0.717) is 23.0 Å². The highest BCUT2D eigenvalue weighted by molar-refractivity contribution is 7.12. The average molecular weight is 409 g/mol. The summed E-state index contributed by atoms with van der Waals surface area (Å²) in [6.45, 7) is 0.357. The van der Waals surface area contributed by atoms with Crippen molar-refractivity contribution in [2.24, 2.45) is 0 Å². The predicted octanol–water partition coefficient (Wildman–Crippen LogP) is 4.88. The lowest BCUT2D eigenvalue weighted by atomic mass is 10.2. The van der Waals surface area contributed by atoms with Gasteiger partial charge in [0.05, 0.1) is 19.3 Å². The lowest BCUT2D eigenvalue weighted by Gasteiger charge is -2.11. The maximum Gasteiger partial charge on any atom is 0.319 e. The Morgan fingerprint density at radius 3 is 2.88 bits per heavy atom. The first kappa shape index (κ1) is 18.7. The Balaban J connectivity index is 1.58. The zero-order valence-electron chi connectivity index (χ0n) is 13.9. The summed E-state index contributed by atoms with van der Waals surface area (Å²) in [4.78, 5) is 13.9. The molecule has 2 heterocycles. The van der Waals surface area contributed by atoms with E-state index in [4.69, 9.17) is 16.3 Å². The molecule has 0 spiro atoms. The third-order valence-electron chi connectivity index (χ3n) is 3.64. The zero-order chi connectivity index (χ0) is 18.5. The molecule has 136 valence electrons. The van der Waals surface area contributed by atoms with E-state index in [1.54, 1.807) is 29.5 Å². The van der Waals surface area contributed by atoms with Crippen LogP contribution in [0, 0.1) is 0 Å². The second-order valence-electron chi connectivity index (χ2n) is 5.42. The van der Waals surface area contributed by atoms with Crippen molar-refractivity contribution in [1.82, 2.24) is 5.32 Å². The molecule has 1 unspecified atom stereocenters. The fourth-order valence-corrected chi connectivity index (χ4v) is 4.16. The Morgan fingerprint density at radius 1 is 1.31 bits per heavy atom. The van der Waals surface area contributed by atoms with E-state index in [9.17, 15) is 9.90 Å². The number of ether oxygens (including phenoxy) is 1. The second-order valence-corrected chi connectivity index (χ2v) is 7.83. The number of hydrogen-bond acceptors (Lipinski definition) is 5. The van der Waals surface area contributed by atoms with Crippen molar-refractivity contribution in [2.45, 2.75) is 12.6 Å². The smallest absolute Gasteiger partial charge is 0.319 e. The number of methoxy groups -OCH3 is 1. The summed E-state index contributed by atoms with van der Waals surface area (Å²) in [5.74, 6) is 0.529. The number of benzene rings is 1. The van der Waals surface area contributed by atoms with E-state index in [1.165, 1.54) is 18.4 Å². The number of carbonyl (C=O) groups excluding carboxylic acids is 1. The topological polar surface area (TPSA) is 70.6 Å². The number of anilines is 1. The van der Waals surface area contributed by atoms with E-state index in [0.717, 1.165) is 15.3 Å². The summed E-state index contributed by atoms with van der Waals surface area (Å²) in [7, 11) is 1.53. The van der Waals surface area contributed by atoms with Gasteiger partial charge in [-0.2, -0.15) is 11.3 Å². The van der Waals surface area contributed by atoms with Gasteiger partial charge < -0.3 is 20.5 Å². The van der Waals surface area contributed by atoms with Crippen molar-refractivity contribution in [3.05, 3.63) is 67.5 Å². The van der Waals surface area contributed by atoms with Crippen LogP contribution >= 0.6 is 34.3 Å². The summed E-state index contributed by atoms with van der Waals surface area (Å²) in [5, 5.41) is 20.2. The van der Waals surface area contributed by atoms with Crippen LogP contribution in [-0.2, 0) is 6.54 Å². The molecule has 1 aromatic carbocycles. The summed E-state index contributed by atoms with van der Waals surface area (Å²) in [6, 6.07) is 10.3. The zero-order valence-corrected chi connectivity index (χ0v) is 16.3. The van der Waals surface area contributed by atoms with Gasteiger partial charge in [-0.25, -0.2) is 4.79 Å². The second kappa shape index (κ2) is 8.55. The van der Waals surface area contributed by atoms with Crippen LogP contribution in [0.5, 0.6) is 5.75 Å². The molecule has 26 heavy (non-hydrogen) atoms. The molecule has 1 atom stereocenters. The first-order chi connectivity index (χ1) is 12.6. The van der Waals surface area contributed by atoms with Crippen LogP contribution in [0.15, 0.2) is 47.2 Å². The number of rotatable bonds is 6. The summed E-state index contributed by atoms with van der Waals surface area (Å²) < 4.78 is 5.20. The van der Waals surface area contributed by atoms with Gasteiger partial charge in [-0.3, -0.25) is 0 Å². The lowest BCUT2D eigenvalue weighted by molar-refractivity contribution is 0.224. The number of thiophene rings is 2. The van der Waals surface area contributed by atoms with Gasteiger partial charge in [-0.05, 0) is 52.7 Å². The first-order valence-corrected chi connectivity index (χ1v) is 9.87. The Morgan fingerprint density at radius 2 is 2.15 bits per heavy atom. The van der Waals surface area contributed by atoms with Gasteiger partial charge >= 0.3 is 6.03 Å². The fourth-order valence-electron chi connectivity index (χ4n) is 2.34. The van der Waals surface area contributed by atoms with E-state index in [2.05, 4.69) is 10.6 Å². The molecule has 3 N–H and O–H groups in total. The predicted molar refractivity (Wildman–Crippen MR) is 107 cm³/mol. The quantitative estimate of drug-likeness (QED) is 0.544. The molecule has 0 saturated heterocycles. The summed E-state index contributed by atoms with van der Waals surface area (Å²) >= 11 is 8.97. The van der Waals surface area contributed by atoms with E-state index in [1.807, 2.05) is 29.0 Å². The Kier molecular flexibility index (Phi) is 6.16. The van der Waals surface area contributed by atoms with Crippen LogP contribution in [0.25, 0.3) is 0 Å². The number of amides is 2.